The molecular formula is C26H26O3P+. The third-order valence-electron chi connectivity index (χ3n) is 4.84. The molecule has 0 heterocycles. The van der Waals surface area contributed by atoms with Crippen LogP contribution in [0, 0.1) is 0 Å². The van der Waals surface area contributed by atoms with Crippen LogP contribution < -0.4 is 0 Å². The zero-order valence-corrected chi connectivity index (χ0v) is 17.7. The van der Waals surface area contributed by atoms with Crippen LogP contribution in [-0.2, 0) is 28.4 Å². The molecule has 4 aromatic carbocycles. The highest BCUT2D eigenvalue weighted by Gasteiger charge is 2.11. The van der Waals surface area contributed by atoms with Crippen LogP contribution in [0.25, 0.3) is 10.8 Å². The molecule has 0 saturated carbocycles. The maximum Gasteiger partial charge on any atom is 0.694 e. The van der Waals surface area contributed by atoms with Gasteiger partial charge in [-0.15, -0.1) is 9.42 Å². The second-order valence-corrected chi connectivity index (χ2v) is 7.66. The molecule has 0 saturated heterocycles. The molecule has 0 aromatic heterocycles. The van der Waals surface area contributed by atoms with Gasteiger partial charge in [-0.25, -0.2) is 0 Å². The third kappa shape index (κ3) is 7.20. The molecule has 0 radical (unpaired) electrons. The predicted molar refractivity (Wildman–Crippen MR) is 124 cm³/mol. The van der Waals surface area contributed by atoms with E-state index in [0.29, 0.717) is 6.42 Å². The molecule has 0 aliphatic carbocycles. The van der Waals surface area contributed by atoms with Crippen LogP contribution in [0.3, 0.4) is 0 Å². The number of aryl methyl sites for hydroxylation is 2. The van der Waals surface area contributed by atoms with Crippen molar-refractivity contribution in [2.45, 2.75) is 19.3 Å². The van der Waals surface area contributed by atoms with Gasteiger partial charge in [0.1, 0.15) is 6.61 Å². The molecule has 3 nitrogen and oxygen atoms in total. The lowest BCUT2D eigenvalue weighted by molar-refractivity contribution is 0.285. The summed E-state index contributed by atoms with van der Waals surface area (Å²) < 4.78 is 15.0. The first kappa shape index (κ1) is 21.9. The van der Waals surface area contributed by atoms with E-state index in [1.807, 2.05) is 42.5 Å². The van der Waals surface area contributed by atoms with Gasteiger partial charge in [0.25, 0.3) is 0 Å². The minimum atomic E-state index is -2.49. The van der Waals surface area contributed by atoms with Crippen molar-refractivity contribution in [3.05, 3.63) is 120 Å². The number of benzene rings is 4. The van der Waals surface area contributed by atoms with Gasteiger partial charge in [0.15, 0.2) is 0 Å². The van der Waals surface area contributed by atoms with E-state index in [1.165, 1.54) is 21.9 Å². The summed E-state index contributed by atoms with van der Waals surface area (Å²) >= 11 is 0. The normalized spacial score (nSPS) is 10.9. The van der Waals surface area contributed by atoms with Gasteiger partial charge in [-0.3, -0.25) is 0 Å². The fraction of sp³-hybridized carbons (Fsp3) is 0.154. The first-order valence-corrected chi connectivity index (χ1v) is 11.2. The van der Waals surface area contributed by atoms with Crippen LogP contribution in [0.2, 0.25) is 0 Å². The van der Waals surface area contributed by atoms with Crippen molar-refractivity contribution in [1.82, 2.24) is 0 Å². The summed E-state index contributed by atoms with van der Waals surface area (Å²) in [4.78, 5) is 8.53. The molecule has 4 aromatic rings. The summed E-state index contributed by atoms with van der Waals surface area (Å²) in [5.74, 6) is 0. The number of fused-ring (bicyclic) bond motifs is 1. The Labute approximate surface area is 178 Å². The molecule has 30 heavy (non-hydrogen) atoms. The van der Waals surface area contributed by atoms with Crippen LogP contribution in [0.15, 0.2) is 103 Å². The zero-order valence-electron chi connectivity index (χ0n) is 16.9. The molecule has 1 N–H and O–H groups in total. The average molecular weight is 417 g/mol. The van der Waals surface area contributed by atoms with Crippen LogP contribution in [0.4, 0.5) is 0 Å². The van der Waals surface area contributed by atoms with E-state index >= 15 is 0 Å². The van der Waals surface area contributed by atoms with Gasteiger partial charge in [-0.2, -0.15) is 0 Å². The standard InChI is InChI=1S/C14H14.C12H11O3P/c1-3-7-13(8-4-1)11-12-14-9-5-2-6-10-14;13-16(14)15-9-8-11-6-3-5-10-4-1-2-7-12(10)11/h1-10H,11-12H2;1-7H,8-9H2/p+1. The van der Waals surface area contributed by atoms with E-state index in [-0.39, 0.29) is 6.61 Å². The van der Waals surface area contributed by atoms with E-state index < -0.39 is 8.25 Å². The first-order valence-electron chi connectivity index (χ1n) is 10.1. The lowest BCUT2D eigenvalue weighted by Gasteiger charge is -2.03. The summed E-state index contributed by atoms with van der Waals surface area (Å²) in [6.07, 6.45) is 2.90. The van der Waals surface area contributed by atoms with Gasteiger partial charge < -0.3 is 0 Å². The highest BCUT2D eigenvalue weighted by molar-refractivity contribution is 7.32. The lowest BCUT2D eigenvalue weighted by atomic mass is 10.0. The quantitative estimate of drug-likeness (QED) is 0.348. The van der Waals surface area contributed by atoms with E-state index in [9.17, 15) is 4.57 Å². The van der Waals surface area contributed by atoms with Gasteiger partial charge in [0.05, 0.1) is 0 Å². The molecule has 0 amide bonds. The first-order chi connectivity index (χ1) is 14.7. The maximum atomic E-state index is 10.4. The van der Waals surface area contributed by atoms with E-state index in [1.54, 1.807) is 0 Å². The Morgan fingerprint density at radius 3 is 1.77 bits per heavy atom. The van der Waals surface area contributed by atoms with Gasteiger partial charge in [0, 0.05) is 11.0 Å². The van der Waals surface area contributed by atoms with Crippen molar-refractivity contribution in [2.75, 3.05) is 6.61 Å². The zero-order chi connectivity index (χ0) is 21.0. The van der Waals surface area contributed by atoms with Gasteiger partial charge in [-0.05, 0) is 40.3 Å². The average Bonchev–Trinajstić information content (AvgIpc) is 2.79. The SMILES string of the molecule is O=[P+](O)OCCc1cccc2ccccc12.c1ccc(CCc2ccccc2)cc1. The van der Waals surface area contributed by atoms with Crippen LogP contribution in [0.1, 0.15) is 16.7 Å². The second-order valence-electron chi connectivity index (χ2n) is 6.93. The highest BCUT2D eigenvalue weighted by atomic mass is 31.1. The van der Waals surface area contributed by atoms with Crippen LogP contribution in [0.5, 0.6) is 0 Å². The van der Waals surface area contributed by atoms with Gasteiger partial charge in [-0.1, -0.05) is 103 Å². The molecule has 0 aliphatic heterocycles. The molecule has 152 valence electrons. The molecule has 0 fully saturated rings. The highest BCUT2D eigenvalue weighted by Crippen LogP contribution is 2.21. The topological polar surface area (TPSA) is 46.5 Å². The fourth-order valence-electron chi connectivity index (χ4n) is 3.32. The van der Waals surface area contributed by atoms with Crippen molar-refractivity contribution in [2.24, 2.45) is 0 Å². The molecule has 0 bridgehead atoms. The number of hydrogen-bond acceptors (Lipinski definition) is 2. The van der Waals surface area contributed by atoms with Crippen molar-refractivity contribution in [3.8, 4) is 0 Å². The monoisotopic (exact) mass is 417 g/mol. The van der Waals surface area contributed by atoms with E-state index in [4.69, 9.17) is 4.89 Å². The van der Waals surface area contributed by atoms with Crippen molar-refractivity contribution in [1.29, 1.82) is 0 Å². The van der Waals surface area contributed by atoms with E-state index in [0.717, 1.165) is 18.4 Å². The summed E-state index contributed by atoms with van der Waals surface area (Å²) in [6.45, 7) is 0.264. The lowest BCUT2D eigenvalue weighted by Crippen LogP contribution is -1.94. The largest absolute Gasteiger partial charge is 0.694 e. The minimum Gasteiger partial charge on any atom is -0.133 e. The Morgan fingerprint density at radius 1 is 0.633 bits per heavy atom. The molecule has 4 heteroatoms. The Hall–Kier alpha value is -2.84. The fourth-order valence-corrected chi connectivity index (χ4v) is 3.57. The maximum absolute atomic E-state index is 10.4. The van der Waals surface area contributed by atoms with Crippen LogP contribution in [-0.4, -0.2) is 11.5 Å². The predicted octanol–water partition coefficient (Wildman–Crippen LogP) is 6.52. The summed E-state index contributed by atoms with van der Waals surface area (Å²) in [5.41, 5.74) is 3.96. The van der Waals surface area contributed by atoms with Crippen molar-refractivity contribution in [3.63, 3.8) is 0 Å². The summed E-state index contributed by atoms with van der Waals surface area (Å²) in [7, 11) is -2.49. The summed E-state index contributed by atoms with van der Waals surface area (Å²) in [6, 6.07) is 35.4. The molecular weight excluding hydrogens is 391 g/mol. The number of hydrogen-bond donors (Lipinski definition) is 1. The van der Waals surface area contributed by atoms with Gasteiger partial charge >= 0.3 is 8.25 Å². The number of rotatable bonds is 7. The smallest absolute Gasteiger partial charge is 0.133 e. The van der Waals surface area contributed by atoms with Crippen molar-refractivity contribution < 1.29 is 14.0 Å². The molecule has 0 spiro atoms. The van der Waals surface area contributed by atoms with Crippen molar-refractivity contribution >= 4 is 19.0 Å². The van der Waals surface area contributed by atoms with Crippen LogP contribution >= 0.6 is 8.25 Å². The van der Waals surface area contributed by atoms with E-state index in [2.05, 4.69) is 65.2 Å². The molecule has 0 aliphatic rings. The molecule has 1 atom stereocenters. The Morgan fingerprint density at radius 2 is 1.17 bits per heavy atom. The third-order valence-corrected chi connectivity index (χ3v) is 5.24. The minimum absolute atomic E-state index is 0.264. The second kappa shape index (κ2) is 12.0. The molecule has 1 unspecified atom stereocenters. The van der Waals surface area contributed by atoms with Gasteiger partial charge in [0.2, 0.25) is 0 Å². The summed E-state index contributed by atoms with van der Waals surface area (Å²) in [5, 5.41) is 2.34. The molecule has 4 rings (SSSR count). The Bertz CT molecular complexity index is 1000. The Kier molecular flexibility index (Phi) is 8.74. The Balaban J connectivity index is 0.000000172.